The largest absolute Gasteiger partial charge is 0.347 e. The van der Waals surface area contributed by atoms with Gasteiger partial charge in [0.2, 0.25) is 11.8 Å². The van der Waals surface area contributed by atoms with E-state index in [-0.39, 0.29) is 30.2 Å². The van der Waals surface area contributed by atoms with Gasteiger partial charge in [0.15, 0.2) is 5.13 Å². The molecule has 0 bridgehead atoms. The van der Waals surface area contributed by atoms with Crippen molar-refractivity contribution < 1.29 is 9.59 Å². The highest BCUT2D eigenvalue weighted by Crippen LogP contribution is 2.29. The lowest BCUT2D eigenvalue weighted by Crippen LogP contribution is -2.40. The van der Waals surface area contributed by atoms with Gasteiger partial charge in [-0.2, -0.15) is 0 Å². The summed E-state index contributed by atoms with van der Waals surface area (Å²) in [7, 11) is 0. The first kappa shape index (κ1) is 15.7. The van der Waals surface area contributed by atoms with Crippen molar-refractivity contribution in [2.24, 2.45) is 5.92 Å². The SMILES string of the molecule is Cc1cn2c(n1)[C@H](C)C[C@H](C(=O)NCC(=O)Nc1nccs1)C2. The smallest absolute Gasteiger partial charge is 0.245 e. The quantitative estimate of drug-likeness (QED) is 0.888. The number of hydrogen-bond donors (Lipinski definition) is 2. The molecule has 0 unspecified atom stereocenters. The first-order valence-electron chi connectivity index (χ1n) is 7.53. The molecule has 0 aromatic carbocycles. The molecule has 0 aliphatic carbocycles. The molecule has 2 atom stereocenters. The third kappa shape index (κ3) is 3.58. The number of hydrogen-bond acceptors (Lipinski definition) is 5. The molecule has 0 fully saturated rings. The van der Waals surface area contributed by atoms with E-state index in [1.165, 1.54) is 11.3 Å². The maximum atomic E-state index is 12.3. The number of carbonyl (C=O) groups is 2. The van der Waals surface area contributed by atoms with Crippen LogP contribution in [0.1, 0.15) is 30.8 Å². The maximum Gasteiger partial charge on any atom is 0.245 e. The molecule has 0 saturated carbocycles. The number of aromatic nitrogens is 3. The van der Waals surface area contributed by atoms with Crippen molar-refractivity contribution >= 4 is 28.3 Å². The van der Waals surface area contributed by atoms with Gasteiger partial charge in [0.25, 0.3) is 0 Å². The summed E-state index contributed by atoms with van der Waals surface area (Å²) < 4.78 is 2.05. The van der Waals surface area contributed by atoms with Gasteiger partial charge in [0.1, 0.15) is 5.82 Å². The van der Waals surface area contributed by atoms with Crippen molar-refractivity contribution in [3.8, 4) is 0 Å². The Morgan fingerprint density at radius 2 is 2.30 bits per heavy atom. The molecule has 8 heteroatoms. The molecule has 1 aliphatic rings. The van der Waals surface area contributed by atoms with Gasteiger partial charge in [-0.1, -0.05) is 6.92 Å². The van der Waals surface area contributed by atoms with E-state index in [4.69, 9.17) is 0 Å². The number of aryl methyl sites for hydroxylation is 1. The Morgan fingerprint density at radius 1 is 1.48 bits per heavy atom. The molecule has 3 rings (SSSR count). The second-order valence-corrected chi connectivity index (χ2v) is 6.72. The van der Waals surface area contributed by atoms with Crippen LogP contribution in [0.3, 0.4) is 0 Å². The Kier molecular flexibility index (Phi) is 4.42. The number of thiazole rings is 1. The predicted molar refractivity (Wildman–Crippen MR) is 87.2 cm³/mol. The zero-order chi connectivity index (χ0) is 16.4. The van der Waals surface area contributed by atoms with Gasteiger partial charge in [-0.15, -0.1) is 11.3 Å². The molecule has 3 heterocycles. The fraction of sp³-hybridized carbons (Fsp3) is 0.467. The Hall–Kier alpha value is -2.22. The molecule has 122 valence electrons. The molecule has 1 aliphatic heterocycles. The number of amides is 2. The van der Waals surface area contributed by atoms with E-state index in [0.717, 1.165) is 17.9 Å². The predicted octanol–water partition coefficient (Wildman–Crippen LogP) is 1.53. The number of fused-ring (bicyclic) bond motifs is 1. The zero-order valence-corrected chi connectivity index (χ0v) is 13.9. The topological polar surface area (TPSA) is 88.9 Å². The third-order valence-corrected chi connectivity index (χ3v) is 4.58. The molecule has 2 aromatic rings. The van der Waals surface area contributed by atoms with E-state index in [9.17, 15) is 9.59 Å². The molecule has 0 radical (unpaired) electrons. The monoisotopic (exact) mass is 333 g/mol. The first-order valence-corrected chi connectivity index (χ1v) is 8.41. The first-order chi connectivity index (χ1) is 11.0. The highest BCUT2D eigenvalue weighted by molar-refractivity contribution is 7.13. The number of carbonyl (C=O) groups excluding carboxylic acids is 2. The zero-order valence-electron chi connectivity index (χ0n) is 13.1. The van der Waals surface area contributed by atoms with Crippen molar-refractivity contribution in [1.29, 1.82) is 0 Å². The summed E-state index contributed by atoms with van der Waals surface area (Å²) in [5, 5.41) is 7.68. The maximum absolute atomic E-state index is 12.3. The molecule has 2 amide bonds. The fourth-order valence-corrected chi connectivity index (χ4v) is 3.44. The summed E-state index contributed by atoms with van der Waals surface area (Å²) in [4.78, 5) is 32.6. The number of nitrogens with zero attached hydrogens (tertiary/aromatic N) is 3. The molecule has 7 nitrogen and oxygen atoms in total. The van der Waals surface area contributed by atoms with Crippen LogP contribution < -0.4 is 10.6 Å². The van der Waals surface area contributed by atoms with Gasteiger partial charge < -0.3 is 15.2 Å². The average Bonchev–Trinajstić information content (AvgIpc) is 3.13. The average molecular weight is 333 g/mol. The van der Waals surface area contributed by atoms with Crippen molar-refractivity contribution in [1.82, 2.24) is 19.9 Å². The van der Waals surface area contributed by atoms with Gasteiger partial charge in [-0.25, -0.2) is 9.97 Å². The highest BCUT2D eigenvalue weighted by Gasteiger charge is 2.30. The van der Waals surface area contributed by atoms with Crippen LogP contribution in [0.4, 0.5) is 5.13 Å². The van der Waals surface area contributed by atoms with Crippen LogP contribution in [0, 0.1) is 12.8 Å². The normalized spacial score (nSPS) is 19.9. The van der Waals surface area contributed by atoms with Crippen LogP contribution in [0.15, 0.2) is 17.8 Å². The highest BCUT2D eigenvalue weighted by atomic mass is 32.1. The minimum absolute atomic E-state index is 0.0426. The van der Waals surface area contributed by atoms with E-state index in [0.29, 0.717) is 11.7 Å². The second-order valence-electron chi connectivity index (χ2n) is 5.83. The van der Waals surface area contributed by atoms with Gasteiger partial charge in [-0.05, 0) is 13.3 Å². The van der Waals surface area contributed by atoms with Crippen LogP contribution in [0.2, 0.25) is 0 Å². The third-order valence-electron chi connectivity index (χ3n) is 3.90. The Bertz CT molecular complexity index is 710. The minimum atomic E-state index is -0.267. The van der Waals surface area contributed by atoms with E-state index in [2.05, 4.69) is 27.5 Å². The van der Waals surface area contributed by atoms with Crippen LogP contribution in [0.25, 0.3) is 0 Å². The fourth-order valence-electron chi connectivity index (χ4n) is 2.90. The van der Waals surface area contributed by atoms with Crippen molar-refractivity contribution in [2.45, 2.75) is 32.7 Å². The van der Waals surface area contributed by atoms with Gasteiger partial charge >= 0.3 is 0 Å². The van der Waals surface area contributed by atoms with Gasteiger partial charge in [0.05, 0.1) is 18.2 Å². The summed E-state index contributed by atoms with van der Waals surface area (Å²) in [6, 6.07) is 0. The summed E-state index contributed by atoms with van der Waals surface area (Å²) in [5.74, 6) is 0.767. The number of imidazole rings is 1. The molecule has 2 aromatic heterocycles. The number of rotatable bonds is 4. The molecule has 23 heavy (non-hydrogen) atoms. The molecule has 0 saturated heterocycles. The second kappa shape index (κ2) is 6.49. The standard InChI is InChI=1S/C15H19N5O2S/c1-9-5-11(8-20-7-10(2)18-13(9)20)14(22)17-6-12(21)19-15-16-3-4-23-15/h3-4,7,9,11H,5-6,8H2,1-2H3,(H,17,22)(H,16,19,21)/t9-,11+/m1/s1. The van der Waals surface area contributed by atoms with Crippen LogP contribution >= 0.6 is 11.3 Å². The van der Waals surface area contributed by atoms with Gasteiger partial charge in [0, 0.05) is 30.2 Å². The Labute approximate surface area is 138 Å². The van der Waals surface area contributed by atoms with E-state index in [1.807, 2.05) is 17.7 Å². The molecule has 2 N–H and O–H groups in total. The van der Waals surface area contributed by atoms with Crippen LogP contribution in [0.5, 0.6) is 0 Å². The van der Waals surface area contributed by atoms with Crippen molar-refractivity contribution in [3.63, 3.8) is 0 Å². The summed E-state index contributed by atoms with van der Waals surface area (Å²) in [6.45, 7) is 4.60. The summed E-state index contributed by atoms with van der Waals surface area (Å²) in [5.41, 5.74) is 0.968. The lowest BCUT2D eigenvalue weighted by Gasteiger charge is -2.27. The number of nitrogens with one attached hydrogen (secondary N) is 2. The molecular weight excluding hydrogens is 314 g/mol. The summed E-state index contributed by atoms with van der Waals surface area (Å²) >= 11 is 1.34. The summed E-state index contributed by atoms with van der Waals surface area (Å²) in [6.07, 6.45) is 4.34. The van der Waals surface area contributed by atoms with E-state index in [1.54, 1.807) is 11.6 Å². The molecule has 0 spiro atoms. The lowest BCUT2D eigenvalue weighted by atomic mass is 9.91. The van der Waals surface area contributed by atoms with Gasteiger partial charge in [-0.3, -0.25) is 9.59 Å². The van der Waals surface area contributed by atoms with Crippen LogP contribution in [-0.4, -0.2) is 32.9 Å². The van der Waals surface area contributed by atoms with Crippen molar-refractivity contribution in [3.05, 3.63) is 29.3 Å². The Morgan fingerprint density at radius 3 is 3.04 bits per heavy atom. The van der Waals surface area contributed by atoms with Crippen LogP contribution in [-0.2, 0) is 16.1 Å². The minimum Gasteiger partial charge on any atom is -0.347 e. The number of anilines is 1. The van der Waals surface area contributed by atoms with E-state index < -0.39 is 0 Å². The lowest BCUT2D eigenvalue weighted by molar-refractivity contribution is -0.128. The van der Waals surface area contributed by atoms with E-state index >= 15 is 0 Å². The molecular formula is C15H19N5O2S. The van der Waals surface area contributed by atoms with Crippen molar-refractivity contribution in [2.75, 3.05) is 11.9 Å². The Balaban J connectivity index is 1.54.